The van der Waals surface area contributed by atoms with Crippen LogP contribution in [0.25, 0.3) is 11.4 Å². The van der Waals surface area contributed by atoms with Gasteiger partial charge in [-0.05, 0) is 62.8 Å². The van der Waals surface area contributed by atoms with Gasteiger partial charge >= 0.3 is 0 Å². The van der Waals surface area contributed by atoms with Gasteiger partial charge in [-0.2, -0.15) is 0 Å². The van der Waals surface area contributed by atoms with Crippen LogP contribution in [0.1, 0.15) is 42.9 Å². The van der Waals surface area contributed by atoms with Gasteiger partial charge in [0.1, 0.15) is 11.6 Å². The average molecular weight is 370 g/mol. The molecule has 4 rings (SSSR count). The second-order valence-corrected chi connectivity index (χ2v) is 7.89. The van der Waals surface area contributed by atoms with E-state index in [1.54, 1.807) is 7.11 Å². The fraction of sp³-hybridized carbons (Fsp3) is 0.591. The minimum Gasteiger partial charge on any atom is -0.496 e. The van der Waals surface area contributed by atoms with E-state index in [1.165, 1.54) is 42.4 Å². The molecule has 2 aliphatic heterocycles. The third-order valence-electron chi connectivity index (χ3n) is 6.30. The molecule has 5 heteroatoms. The van der Waals surface area contributed by atoms with E-state index < -0.39 is 0 Å². The van der Waals surface area contributed by atoms with Crippen LogP contribution in [0.2, 0.25) is 0 Å². The zero-order valence-electron chi connectivity index (χ0n) is 16.8. The lowest BCUT2D eigenvalue weighted by Gasteiger charge is -2.34. The molecule has 1 atom stereocenters. The molecule has 0 bridgehead atoms. The molecule has 0 amide bonds. The quantitative estimate of drug-likeness (QED) is 0.799. The van der Waals surface area contributed by atoms with Crippen molar-refractivity contribution in [3.05, 3.63) is 35.7 Å². The summed E-state index contributed by atoms with van der Waals surface area (Å²) >= 11 is 0. The molecule has 0 aliphatic carbocycles. The molecule has 3 heterocycles. The summed E-state index contributed by atoms with van der Waals surface area (Å²) in [7, 11) is 1.73. The van der Waals surface area contributed by atoms with Gasteiger partial charge in [-0.15, -0.1) is 0 Å². The Hall–Kier alpha value is -1.85. The van der Waals surface area contributed by atoms with E-state index in [9.17, 15) is 0 Å². The molecule has 2 aromatic rings. The molecule has 2 fully saturated rings. The molecular formula is C22H31N3O2. The summed E-state index contributed by atoms with van der Waals surface area (Å²) in [6.07, 6.45) is 9.33. The summed E-state index contributed by atoms with van der Waals surface area (Å²) in [5.74, 6) is 2.02. The summed E-state index contributed by atoms with van der Waals surface area (Å²) in [6, 6.07) is 4.72. The highest BCUT2D eigenvalue weighted by Gasteiger charge is 2.26. The number of methoxy groups -OCH3 is 1. The second kappa shape index (κ2) is 8.03. The van der Waals surface area contributed by atoms with Crippen LogP contribution < -0.4 is 4.74 Å². The molecule has 0 radical (unpaired) electrons. The van der Waals surface area contributed by atoms with E-state index in [0.717, 1.165) is 37.8 Å². The summed E-state index contributed by atoms with van der Waals surface area (Å²) in [5.41, 5.74) is 3.65. The van der Waals surface area contributed by atoms with Gasteiger partial charge in [0.15, 0.2) is 0 Å². The van der Waals surface area contributed by atoms with Gasteiger partial charge in [-0.1, -0.05) is 0 Å². The van der Waals surface area contributed by atoms with Gasteiger partial charge in [-0.25, -0.2) is 4.98 Å². The molecule has 0 unspecified atom stereocenters. The van der Waals surface area contributed by atoms with Crippen molar-refractivity contribution in [2.24, 2.45) is 0 Å². The van der Waals surface area contributed by atoms with E-state index in [2.05, 4.69) is 41.6 Å². The molecule has 2 saturated heterocycles. The van der Waals surface area contributed by atoms with E-state index in [4.69, 9.17) is 14.5 Å². The number of hydrogen-bond donors (Lipinski definition) is 0. The Kier molecular flexibility index (Phi) is 5.50. The lowest BCUT2D eigenvalue weighted by Crippen LogP contribution is -2.39. The highest BCUT2D eigenvalue weighted by atomic mass is 16.5. The number of ether oxygens (including phenoxy) is 2. The first-order valence-electron chi connectivity index (χ1n) is 10.2. The third kappa shape index (κ3) is 3.76. The lowest BCUT2D eigenvalue weighted by atomic mass is 10.00. The summed E-state index contributed by atoms with van der Waals surface area (Å²) in [5, 5.41) is 0. The summed E-state index contributed by atoms with van der Waals surface area (Å²) in [4.78, 5) is 7.29. The Balaban J connectivity index is 1.48. The minimum atomic E-state index is 0.454. The molecule has 0 saturated carbocycles. The SMILES string of the molecule is COc1ccc(-c2nccn2C2CCN(C[C@H]3CCCO3)CC2)c(C)c1C. The Morgan fingerprint density at radius 3 is 2.67 bits per heavy atom. The van der Waals surface area contributed by atoms with Crippen LogP contribution in [-0.4, -0.2) is 53.9 Å². The van der Waals surface area contributed by atoms with Crippen molar-refractivity contribution in [1.29, 1.82) is 0 Å². The van der Waals surface area contributed by atoms with Crippen molar-refractivity contribution < 1.29 is 9.47 Å². The van der Waals surface area contributed by atoms with Crippen LogP contribution in [0.15, 0.2) is 24.5 Å². The normalized spacial score (nSPS) is 21.7. The van der Waals surface area contributed by atoms with Gasteiger partial charge in [-0.3, -0.25) is 0 Å². The largest absolute Gasteiger partial charge is 0.496 e. The number of piperidine rings is 1. The van der Waals surface area contributed by atoms with Crippen LogP contribution in [-0.2, 0) is 4.74 Å². The molecule has 0 spiro atoms. The molecule has 2 aliphatic rings. The van der Waals surface area contributed by atoms with Crippen LogP contribution in [0.3, 0.4) is 0 Å². The van der Waals surface area contributed by atoms with E-state index >= 15 is 0 Å². The monoisotopic (exact) mass is 369 g/mol. The Morgan fingerprint density at radius 2 is 1.96 bits per heavy atom. The number of hydrogen-bond acceptors (Lipinski definition) is 4. The summed E-state index contributed by atoms with van der Waals surface area (Å²) < 4.78 is 13.7. The molecule has 0 N–H and O–H groups in total. The number of rotatable bonds is 5. The lowest BCUT2D eigenvalue weighted by molar-refractivity contribution is 0.0608. The number of likely N-dealkylation sites (tertiary alicyclic amines) is 1. The average Bonchev–Trinajstić information content (AvgIpc) is 3.37. The molecule has 146 valence electrons. The van der Waals surface area contributed by atoms with Crippen LogP contribution in [0, 0.1) is 13.8 Å². The van der Waals surface area contributed by atoms with Crippen molar-refractivity contribution in [1.82, 2.24) is 14.5 Å². The third-order valence-corrected chi connectivity index (χ3v) is 6.30. The minimum absolute atomic E-state index is 0.454. The van der Waals surface area contributed by atoms with Gasteiger partial charge in [0, 0.05) is 50.2 Å². The fourth-order valence-corrected chi connectivity index (χ4v) is 4.53. The fourth-order valence-electron chi connectivity index (χ4n) is 4.53. The molecule has 27 heavy (non-hydrogen) atoms. The van der Waals surface area contributed by atoms with Crippen molar-refractivity contribution in [3.63, 3.8) is 0 Å². The maximum absolute atomic E-state index is 5.81. The maximum atomic E-state index is 5.81. The van der Waals surface area contributed by atoms with Crippen molar-refractivity contribution in [2.45, 2.75) is 51.7 Å². The zero-order valence-corrected chi connectivity index (χ0v) is 16.8. The standard InChI is InChI=1S/C22H31N3O2/c1-16-17(2)21(26-3)7-6-20(16)22-23-10-13-25(22)18-8-11-24(12-9-18)15-19-5-4-14-27-19/h6-7,10,13,18-19H,4-5,8-9,11-12,14-15H2,1-3H3/t19-/m1/s1. The van der Waals surface area contributed by atoms with E-state index in [1.807, 2.05) is 6.20 Å². The first-order chi connectivity index (χ1) is 13.2. The first-order valence-corrected chi connectivity index (χ1v) is 10.2. The molecule has 1 aromatic carbocycles. The van der Waals surface area contributed by atoms with Gasteiger partial charge in [0.25, 0.3) is 0 Å². The predicted molar refractivity (Wildman–Crippen MR) is 107 cm³/mol. The first kappa shape index (κ1) is 18.5. The van der Waals surface area contributed by atoms with Crippen LogP contribution >= 0.6 is 0 Å². The van der Waals surface area contributed by atoms with Crippen molar-refractivity contribution in [3.8, 4) is 17.1 Å². The van der Waals surface area contributed by atoms with Crippen LogP contribution in [0.5, 0.6) is 5.75 Å². The summed E-state index contributed by atoms with van der Waals surface area (Å²) in [6.45, 7) is 8.61. The van der Waals surface area contributed by atoms with Crippen molar-refractivity contribution >= 4 is 0 Å². The zero-order chi connectivity index (χ0) is 18.8. The second-order valence-electron chi connectivity index (χ2n) is 7.89. The Labute approximate surface area is 162 Å². The molecular weight excluding hydrogens is 338 g/mol. The molecule has 5 nitrogen and oxygen atoms in total. The van der Waals surface area contributed by atoms with E-state index in [0.29, 0.717) is 12.1 Å². The highest BCUT2D eigenvalue weighted by Crippen LogP contribution is 2.33. The maximum Gasteiger partial charge on any atom is 0.140 e. The van der Waals surface area contributed by atoms with Crippen LogP contribution in [0.4, 0.5) is 0 Å². The van der Waals surface area contributed by atoms with Crippen molar-refractivity contribution in [2.75, 3.05) is 33.4 Å². The Morgan fingerprint density at radius 1 is 1.15 bits per heavy atom. The number of nitrogens with zero attached hydrogens (tertiary/aromatic N) is 3. The smallest absolute Gasteiger partial charge is 0.140 e. The van der Waals surface area contributed by atoms with Gasteiger partial charge in [0.2, 0.25) is 0 Å². The highest BCUT2D eigenvalue weighted by molar-refractivity contribution is 5.65. The Bertz CT molecular complexity index is 772. The molecule has 1 aromatic heterocycles. The van der Waals surface area contributed by atoms with Gasteiger partial charge in [0.05, 0.1) is 13.2 Å². The topological polar surface area (TPSA) is 39.5 Å². The predicted octanol–water partition coefficient (Wildman–Crippen LogP) is 3.99. The number of aromatic nitrogens is 2. The van der Waals surface area contributed by atoms with Gasteiger partial charge < -0.3 is 18.9 Å². The van der Waals surface area contributed by atoms with E-state index in [-0.39, 0.29) is 0 Å². The number of imidazole rings is 1. The number of benzene rings is 1.